The van der Waals surface area contributed by atoms with Gasteiger partial charge >= 0.3 is 0 Å². The van der Waals surface area contributed by atoms with E-state index in [2.05, 4.69) is 9.71 Å². The van der Waals surface area contributed by atoms with Crippen LogP contribution in [0.25, 0.3) is 10.6 Å². The molecule has 5 nitrogen and oxygen atoms in total. The molecule has 0 amide bonds. The minimum atomic E-state index is -3.94. The average molecular weight is 424 g/mol. The van der Waals surface area contributed by atoms with Crippen LogP contribution in [0.1, 0.15) is 10.6 Å². The fraction of sp³-hybridized carbons (Fsp3) is 0.211. The van der Waals surface area contributed by atoms with E-state index in [-0.39, 0.29) is 23.0 Å². The molecule has 0 spiro atoms. The minimum absolute atomic E-state index is 0.0660. The number of hydrogen-bond donors (Lipinski definition) is 1. The molecule has 1 aromatic heterocycles. The molecule has 0 atom stereocenters. The second-order valence-electron chi connectivity index (χ2n) is 5.98. The molecule has 0 fully saturated rings. The summed E-state index contributed by atoms with van der Waals surface area (Å²) in [7, 11) is -2.62. The van der Waals surface area contributed by atoms with Gasteiger partial charge in [0.25, 0.3) is 0 Å². The van der Waals surface area contributed by atoms with Crippen molar-refractivity contribution in [3.63, 3.8) is 0 Å². The van der Waals surface area contributed by atoms with Crippen LogP contribution in [0.3, 0.4) is 0 Å². The molecule has 3 rings (SSSR count). The smallest absolute Gasteiger partial charge is 0.244 e. The average Bonchev–Trinajstić information content (AvgIpc) is 3.02. The highest BCUT2D eigenvalue weighted by Crippen LogP contribution is 2.29. The van der Waals surface area contributed by atoms with Crippen LogP contribution < -0.4 is 9.46 Å². The molecule has 0 saturated heterocycles. The van der Waals surface area contributed by atoms with Crippen molar-refractivity contribution in [2.24, 2.45) is 0 Å². The Kier molecular flexibility index (Phi) is 6.07. The maximum atomic E-state index is 13.5. The lowest BCUT2D eigenvalue weighted by Gasteiger charge is -2.10. The van der Waals surface area contributed by atoms with Crippen LogP contribution in [0.2, 0.25) is 0 Å². The fourth-order valence-electron chi connectivity index (χ4n) is 2.64. The number of sulfonamides is 1. The van der Waals surface area contributed by atoms with E-state index in [1.807, 2.05) is 6.92 Å². The number of benzene rings is 2. The van der Waals surface area contributed by atoms with Gasteiger partial charge in [-0.05, 0) is 43.7 Å². The first-order valence-corrected chi connectivity index (χ1v) is 10.7. The van der Waals surface area contributed by atoms with E-state index in [4.69, 9.17) is 4.74 Å². The van der Waals surface area contributed by atoms with Crippen molar-refractivity contribution in [2.45, 2.75) is 18.2 Å². The van der Waals surface area contributed by atoms with Crippen LogP contribution in [-0.4, -0.2) is 27.1 Å². The second kappa shape index (κ2) is 8.34. The standard InChI is InChI=1S/C19H18F2N2O3S2/c1-12-17(27-19(23-12)13-4-3-5-14(20)10-13)8-9-22-28(24,25)18-11-15(21)6-7-16(18)26-2/h3-7,10-11,22H,8-9H2,1-2H3. The molecule has 1 heterocycles. The van der Waals surface area contributed by atoms with Crippen molar-refractivity contribution in [3.8, 4) is 16.3 Å². The summed E-state index contributed by atoms with van der Waals surface area (Å²) in [6.45, 7) is 1.92. The van der Waals surface area contributed by atoms with Gasteiger partial charge in [0.1, 0.15) is 27.3 Å². The summed E-state index contributed by atoms with van der Waals surface area (Å²) in [5.74, 6) is -0.945. The predicted octanol–water partition coefficient (Wildman–Crippen LogP) is 3.93. The number of aromatic nitrogens is 1. The van der Waals surface area contributed by atoms with Gasteiger partial charge in [-0.2, -0.15) is 0 Å². The topological polar surface area (TPSA) is 68.3 Å². The second-order valence-corrected chi connectivity index (χ2v) is 8.80. The molecule has 0 aliphatic carbocycles. The third-order valence-electron chi connectivity index (χ3n) is 4.02. The highest BCUT2D eigenvalue weighted by Gasteiger charge is 2.20. The van der Waals surface area contributed by atoms with E-state index in [1.165, 1.54) is 36.6 Å². The number of thiazole rings is 1. The van der Waals surface area contributed by atoms with E-state index in [0.717, 1.165) is 22.7 Å². The van der Waals surface area contributed by atoms with Crippen molar-refractivity contribution < 1.29 is 21.9 Å². The maximum absolute atomic E-state index is 13.5. The Labute approximate surface area is 166 Å². The number of aryl methyl sites for hydroxylation is 1. The van der Waals surface area contributed by atoms with Gasteiger partial charge < -0.3 is 4.74 Å². The van der Waals surface area contributed by atoms with Crippen LogP contribution in [0.15, 0.2) is 47.4 Å². The summed E-state index contributed by atoms with van der Waals surface area (Å²) < 4.78 is 59.3. The van der Waals surface area contributed by atoms with Crippen LogP contribution in [0.4, 0.5) is 8.78 Å². The van der Waals surface area contributed by atoms with Gasteiger partial charge in [0.15, 0.2) is 0 Å². The number of nitrogens with one attached hydrogen (secondary N) is 1. The summed E-state index contributed by atoms with van der Waals surface area (Å²) in [5.41, 5.74) is 1.43. The van der Waals surface area contributed by atoms with Crippen LogP contribution in [0, 0.1) is 18.6 Å². The van der Waals surface area contributed by atoms with E-state index in [0.29, 0.717) is 17.0 Å². The van der Waals surface area contributed by atoms with Gasteiger partial charge in [0.05, 0.1) is 12.8 Å². The van der Waals surface area contributed by atoms with Gasteiger partial charge in [-0.3, -0.25) is 0 Å². The quantitative estimate of drug-likeness (QED) is 0.624. The van der Waals surface area contributed by atoms with Crippen molar-refractivity contribution in [1.29, 1.82) is 0 Å². The molecule has 0 aliphatic rings. The number of hydrogen-bond acceptors (Lipinski definition) is 5. The third-order valence-corrected chi connectivity index (χ3v) is 6.77. The molecule has 0 bridgehead atoms. The van der Waals surface area contributed by atoms with Gasteiger partial charge in [0, 0.05) is 17.0 Å². The molecule has 0 radical (unpaired) electrons. The van der Waals surface area contributed by atoms with Gasteiger partial charge in [-0.15, -0.1) is 11.3 Å². The van der Waals surface area contributed by atoms with Crippen molar-refractivity contribution in [3.05, 3.63) is 64.7 Å². The Hall–Kier alpha value is -2.36. The van der Waals surface area contributed by atoms with E-state index < -0.39 is 15.8 Å². The molecule has 28 heavy (non-hydrogen) atoms. The lowest BCUT2D eigenvalue weighted by molar-refractivity contribution is 0.400. The molecule has 9 heteroatoms. The largest absolute Gasteiger partial charge is 0.495 e. The molecule has 0 aliphatic heterocycles. The van der Waals surface area contributed by atoms with E-state index >= 15 is 0 Å². The van der Waals surface area contributed by atoms with E-state index in [9.17, 15) is 17.2 Å². The van der Waals surface area contributed by atoms with Gasteiger partial charge in [-0.25, -0.2) is 26.9 Å². The Bertz CT molecular complexity index is 1100. The highest BCUT2D eigenvalue weighted by molar-refractivity contribution is 7.89. The number of ether oxygens (including phenoxy) is 1. The lowest BCUT2D eigenvalue weighted by Crippen LogP contribution is -2.26. The SMILES string of the molecule is COc1ccc(F)cc1S(=O)(=O)NCCc1sc(-c2cccc(F)c2)nc1C. The van der Waals surface area contributed by atoms with Crippen LogP contribution in [-0.2, 0) is 16.4 Å². The zero-order valence-electron chi connectivity index (χ0n) is 15.2. The zero-order chi connectivity index (χ0) is 20.3. The summed E-state index contributed by atoms with van der Waals surface area (Å²) in [6.07, 6.45) is 0.398. The Morgan fingerprint density at radius 2 is 1.89 bits per heavy atom. The third kappa shape index (κ3) is 4.54. The van der Waals surface area contributed by atoms with Crippen molar-refractivity contribution in [2.75, 3.05) is 13.7 Å². The number of methoxy groups -OCH3 is 1. The first-order chi connectivity index (χ1) is 13.3. The monoisotopic (exact) mass is 424 g/mol. The van der Waals surface area contributed by atoms with Crippen LogP contribution in [0.5, 0.6) is 5.75 Å². The van der Waals surface area contributed by atoms with Crippen molar-refractivity contribution in [1.82, 2.24) is 9.71 Å². The zero-order valence-corrected chi connectivity index (χ0v) is 16.8. The lowest BCUT2D eigenvalue weighted by atomic mass is 10.2. The first-order valence-electron chi connectivity index (χ1n) is 8.35. The molecule has 0 unspecified atom stereocenters. The molecule has 3 aromatic rings. The normalized spacial score (nSPS) is 11.6. The molecule has 1 N–H and O–H groups in total. The summed E-state index contributed by atoms with van der Waals surface area (Å²) in [6, 6.07) is 9.46. The highest BCUT2D eigenvalue weighted by atomic mass is 32.2. The molecular formula is C19H18F2N2O3S2. The van der Waals surface area contributed by atoms with Gasteiger partial charge in [0.2, 0.25) is 10.0 Å². The summed E-state index contributed by atoms with van der Waals surface area (Å²) in [5, 5.41) is 0.668. The minimum Gasteiger partial charge on any atom is -0.495 e. The summed E-state index contributed by atoms with van der Waals surface area (Å²) in [4.78, 5) is 5.07. The molecule has 148 valence electrons. The molecule has 2 aromatic carbocycles. The maximum Gasteiger partial charge on any atom is 0.244 e. The number of nitrogens with zero attached hydrogens (tertiary/aromatic N) is 1. The van der Waals surface area contributed by atoms with Gasteiger partial charge in [-0.1, -0.05) is 12.1 Å². The Balaban J connectivity index is 1.72. The number of halogens is 2. The number of rotatable bonds is 7. The predicted molar refractivity (Wildman–Crippen MR) is 104 cm³/mol. The molecular weight excluding hydrogens is 406 g/mol. The Morgan fingerprint density at radius 3 is 2.61 bits per heavy atom. The fourth-order valence-corrected chi connectivity index (χ4v) is 4.91. The first kappa shape index (κ1) is 20.4. The van der Waals surface area contributed by atoms with Crippen LogP contribution >= 0.6 is 11.3 Å². The summed E-state index contributed by atoms with van der Waals surface area (Å²) >= 11 is 1.38. The Morgan fingerprint density at radius 1 is 1.14 bits per heavy atom. The van der Waals surface area contributed by atoms with Crippen molar-refractivity contribution >= 4 is 21.4 Å². The van der Waals surface area contributed by atoms with E-state index in [1.54, 1.807) is 12.1 Å². The molecule has 0 saturated carbocycles.